The molecule has 0 saturated carbocycles. The van der Waals surface area contributed by atoms with Crippen LogP contribution in [0.25, 0.3) is 11.0 Å². The molecule has 0 fully saturated rings. The van der Waals surface area contributed by atoms with Gasteiger partial charge in [-0.3, -0.25) is 4.99 Å². The third-order valence-electron chi connectivity index (χ3n) is 3.69. The van der Waals surface area contributed by atoms with Gasteiger partial charge in [-0.2, -0.15) is 11.8 Å². The lowest BCUT2D eigenvalue weighted by molar-refractivity contribution is 0.634. The molecule has 2 N–H and O–H groups in total. The number of nitrogens with zero attached hydrogens (tertiary/aromatic N) is 3. The van der Waals surface area contributed by atoms with Gasteiger partial charge in [-0.05, 0) is 43.4 Å². The van der Waals surface area contributed by atoms with E-state index in [1.54, 1.807) is 0 Å². The second kappa shape index (κ2) is 12.4. The molecule has 1 aromatic heterocycles. The second-order valence-corrected chi connectivity index (χ2v) is 6.39. The van der Waals surface area contributed by atoms with E-state index in [2.05, 4.69) is 43.6 Å². The van der Waals surface area contributed by atoms with Crippen molar-refractivity contribution in [3.8, 4) is 0 Å². The van der Waals surface area contributed by atoms with Crippen LogP contribution >= 0.6 is 35.7 Å². The lowest BCUT2D eigenvalue weighted by Gasteiger charge is -2.12. The molecule has 7 heteroatoms. The van der Waals surface area contributed by atoms with E-state index < -0.39 is 0 Å². The summed E-state index contributed by atoms with van der Waals surface area (Å²) < 4.78 is 2.20. The predicted octanol–water partition coefficient (Wildman–Crippen LogP) is 3.35. The normalized spacial score (nSPS) is 11.3. The lowest BCUT2D eigenvalue weighted by Crippen LogP contribution is -2.38. The summed E-state index contributed by atoms with van der Waals surface area (Å²) in [4.78, 5) is 8.68. The van der Waals surface area contributed by atoms with Crippen molar-refractivity contribution in [2.45, 2.75) is 25.8 Å². The molecule has 1 heterocycles. The van der Waals surface area contributed by atoms with Crippen LogP contribution in [-0.2, 0) is 6.54 Å². The van der Waals surface area contributed by atoms with Gasteiger partial charge in [0, 0.05) is 26.7 Å². The van der Waals surface area contributed by atoms with Crippen LogP contribution in [0.4, 0.5) is 0 Å². The fourth-order valence-electron chi connectivity index (χ4n) is 2.44. The predicted molar refractivity (Wildman–Crippen MR) is 117 cm³/mol. The molecule has 134 valence electrons. The average molecular weight is 461 g/mol. The maximum atomic E-state index is 4.42. The quantitative estimate of drug-likeness (QED) is 0.260. The van der Waals surface area contributed by atoms with Gasteiger partial charge in [0.25, 0.3) is 0 Å². The van der Waals surface area contributed by atoms with Gasteiger partial charge in [-0.15, -0.1) is 24.0 Å². The molecule has 0 saturated heterocycles. The number of aromatic nitrogens is 2. The fraction of sp³-hybridized carbons (Fsp3) is 0.529. The minimum Gasteiger partial charge on any atom is -0.356 e. The first-order valence-corrected chi connectivity index (χ1v) is 9.58. The van der Waals surface area contributed by atoms with Gasteiger partial charge < -0.3 is 15.2 Å². The summed E-state index contributed by atoms with van der Waals surface area (Å²) in [6.07, 6.45) is 7.54. The summed E-state index contributed by atoms with van der Waals surface area (Å²) >= 11 is 1.90. The zero-order valence-electron chi connectivity index (χ0n) is 14.5. The third kappa shape index (κ3) is 6.88. The smallest absolute Gasteiger partial charge is 0.190 e. The van der Waals surface area contributed by atoms with Crippen molar-refractivity contribution in [1.82, 2.24) is 20.2 Å². The van der Waals surface area contributed by atoms with E-state index >= 15 is 0 Å². The molecule has 0 aliphatic rings. The Morgan fingerprint density at radius 1 is 1.17 bits per heavy atom. The highest BCUT2D eigenvalue weighted by atomic mass is 127. The molecular formula is C17H28IN5S. The van der Waals surface area contributed by atoms with Gasteiger partial charge in [0.2, 0.25) is 0 Å². The van der Waals surface area contributed by atoms with Gasteiger partial charge in [-0.25, -0.2) is 4.98 Å². The van der Waals surface area contributed by atoms with Crippen molar-refractivity contribution in [2.75, 3.05) is 32.1 Å². The Morgan fingerprint density at radius 3 is 2.67 bits per heavy atom. The molecule has 24 heavy (non-hydrogen) atoms. The van der Waals surface area contributed by atoms with E-state index in [0.717, 1.165) is 37.5 Å². The molecule has 0 spiro atoms. The number of benzene rings is 1. The molecule has 0 unspecified atom stereocenters. The van der Waals surface area contributed by atoms with Crippen molar-refractivity contribution < 1.29 is 0 Å². The van der Waals surface area contributed by atoms with Crippen LogP contribution in [0.1, 0.15) is 19.3 Å². The Labute approximate surface area is 166 Å². The zero-order chi connectivity index (χ0) is 16.3. The number of halogens is 1. The van der Waals surface area contributed by atoms with Crippen LogP contribution in [-0.4, -0.2) is 47.7 Å². The maximum Gasteiger partial charge on any atom is 0.190 e. The highest BCUT2D eigenvalue weighted by Gasteiger charge is 2.01. The van der Waals surface area contributed by atoms with Crippen molar-refractivity contribution >= 4 is 52.7 Å². The molecule has 0 aliphatic heterocycles. The van der Waals surface area contributed by atoms with E-state index in [1.807, 2.05) is 37.3 Å². The molecule has 2 aromatic rings. The number of nitrogens with one attached hydrogen (secondary N) is 2. The van der Waals surface area contributed by atoms with Crippen molar-refractivity contribution in [3.05, 3.63) is 30.6 Å². The molecule has 1 aromatic carbocycles. The van der Waals surface area contributed by atoms with Crippen molar-refractivity contribution in [1.29, 1.82) is 0 Å². The van der Waals surface area contributed by atoms with Gasteiger partial charge in [0.1, 0.15) is 0 Å². The highest BCUT2D eigenvalue weighted by Crippen LogP contribution is 2.11. The van der Waals surface area contributed by atoms with E-state index in [9.17, 15) is 0 Å². The standard InChI is InChI=1S/C17H27N5S.HI/c1-18-17(19-10-5-6-13-23-2)20-11-7-12-22-14-21-15-8-3-4-9-16(15)22;/h3-4,8-9,14H,5-7,10-13H2,1-2H3,(H2,18,19,20);1H. The third-order valence-corrected chi connectivity index (χ3v) is 4.38. The first-order chi connectivity index (χ1) is 11.3. The largest absolute Gasteiger partial charge is 0.356 e. The van der Waals surface area contributed by atoms with E-state index in [1.165, 1.54) is 24.1 Å². The Bertz CT molecular complexity index is 614. The van der Waals surface area contributed by atoms with Crippen LogP contribution in [0, 0.1) is 0 Å². The number of hydrogen-bond acceptors (Lipinski definition) is 3. The molecule has 0 amide bonds. The van der Waals surface area contributed by atoms with E-state index in [0.29, 0.717) is 0 Å². The number of rotatable bonds is 9. The van der Waals surface area contributed by atoms with Crippen molar-refractivity contribution in [3.63, 3.8) is 0 Å². The highest BCUT2D eigenvalue weighted by molar-refractivity contribution is 14.0. The number of unbranched alkanes of at least 4 members (excludes halogenated alkanes) is 1. The first kappa shape index (κ1) is 21.1. The first-order valence-electron chi connectivity index (χ1n) is 8.18. The molecule has 0 bridgehead atoms. The van der Waals surface area contributed by atoms with Crippen LogP contribution in [0.3, 0.4) is 0 Å². The molecular weight excluding hydrogens is 433 g/mol. The van der Waals surface area contributed by atoms with E-state index in [4.69, 9.17) is 0 Å². The minimum atomic E-state index is 0. The summed E-state index contributed by atoms with van der Waals surface area (Å²) in [5.74, 6) is 2.12. The van der Waals surface area contributed by atoms with Crippen LogP contribution in [0.5, 0.6) is 0 Å². The Hall–Kier alpha value is -0.960. The molecule has 0 radical (unpaired) electrons. The number of aliphatic imine (C=N–C) groups is 1. The van der Waals surface area contributed by atoms with Crippen molar-refractivity contribution in [2.24, 2.45) is 4.99 Å². The van der Waals surface area contributed by atoms with Gasteiger partial charge in [0.05, 0.1) is 17.4 Å². The van der Waals surface area contributed by atoms with Gasteiger partial charge in [-0.1, -0.05) is 12.1 Å². The number of guanidine groups is 1. The number of aryl methyl sites for hydroxylation is 1. The van der Waals surface area contributed by atoms with Crippen LogP contribution in [0.15, 0.2) is 35.6 Å². The van der Waals surface area contributed by atoms with Crippen LogP contribution in [0.2, 0.25) is 0 Å². The summed E-state index contributed by atoms with van der Waals surface area (Å²) in [5.41, 5.74) is 2.26. The number of imidazole rings is 1. The zero-order valence-corrected chi connectivity index (χ0v) is 17.6. The van der Waals surface area contributed by atoms with Gasteiger partial charge in [0.15, 0.2) is 5.96 Å². The summed E-state index contributed by atoms with van der Waals surface area (Å²) in [5, 5.41) is 6.73. The average Bonchev–Trinajstić information content (AvgIpc) is 3.00. The summed E-state index contributed by atoms with van der Waals surface area (Å²) in [6.45, 7) is 2.83. The number of para-hydroxylation sites is 2. The topological polar surface area (TPSA) is 54.2 Å². The molecule has 0 atom stereocenters. The monoisotopic (exact) mass is 461 g/mol. The van der Waals surface area contributed by atoms with Gasteiger partial charge >= 0.3 is 0 Å². The lowest BCUT2D eigenvalue weighted by atomic mass is 10.3. The fourth-order valence-corrected chi connectivity index (χ4v) is 2.94. The number of fused-ring (bicyclic) bond motifs is 1. The number of hydrogen-bond donors (Lipinski definition) is 2. The van der Waals surface area contributed by atoms with Crippen LogP contribution < -0.4 is 10.6 Å². The number of thioether (sulfide) groups is 1. The maximum absolute atomic E-state index is 4.42. The summed E-state index contributed by atoms with van der Waals surface area (Å²) in [6, 6.07) is 8.25. The molecule has 2 rings (SSSR count). The second-order valence-electron chi connectivity index (χ2n) is 5.41. The Balaban J connectivity index is 0.00000288. The van der Waals surface area contributed by atoms with E-state index in [-0.39, 0.29) is 24.0 Å². The minimum absolute atomic E-state index is 0. The Kier molecular flexibility index (Phi) is 10.9. The SMILES string of the molecule is CN=C(NCCCCSC)NCCCn1cnc2ccccc21.I. The molecule has 5 nitrogen and oxygen atoms in total. The summed E-state index contributed by atoms with van der Waals surface area (Å²) in [7, 11) is 1.82. The molecule has 0 aliphatic carbocycles. The Morgan fingerprint density at radius 2 is 1.92 bits per heavy atom.